The second kappa shape index (κ2) is 40.4. The Kier molecular flexibility index (Phi) is 39.2. The highest BCUT2D eigenvalue weighted by Crippen LogP contribution is 2.13. The van der Waals surface area contributed by atoms with Gasteiger partial charge in [-0.15, -0.1) is 0 Å². The zero-order valence-corrected chi connectivity index (χ0v) is 37.0. The Balaban J connectivity index is 4.43. The number of carbonyl (C=O) groups excluding carboxylic acids is 2. The molecule has 10 heteroatoms. The summed E-state index contributed by atoms with van der Waals surface area (Å²) in [7, 11) is -4.06. The Bertz CT molecular complexity index is 1030. The van der Waals surface area contributed by atoms with Gasteiger partial charge in [0.2, 0.25) is 0 Å². The first-order valence-electron chi connectivity index (χ1n) is 22.8. The lowest BCUT2D eigenvalue weighted by molar-refractivity contribution is -0.158. The van der Waals surface area contributed by atoms with Crippen molar-refractivity contribution in [2.24, 2.45) is 0 Å². The summed E-state index contributed by atoms with van der Waals surface area (Å²) in [5, 5.41) is 0. The van der Waals surface area contributed by atoms with Crippen LogP contribution in [-0.2, 0) is 33.6 Å². The van der Waals surface area contributed by atoms with Gasteiger partial charge in [-0.25, -0.2) is 0 Å². The van der Waals surface area contributed by atoms with Gasteiger partial charge in [-0.3, -0.25) is 13.8 Å². The van der Waals surface area contributed by atoms with Gasteiger partial charge in [0.25, 0.3) is 0 Å². The predicted molar refractivity (Wildman–Crippen MR) is 230 cm³/mol. The summed E-state index contributed by atoms with van der Waals surface area (Å²) < 4.78 is 43.5. The van der Waals surface area contributed by atoms with E-state index in [1.807, 2.05) is 13.8 Å². The topological polar surface area (TPSA) is 111 Å². The zero-order chi connectivity index (χ0) is 40.5. The Labute approximate surface area is 339 Å². The van der Waals surface area contributed by atoms with E-state index in [4.69, 9.17) is 13.7 Å². The molecule has 1 N–H and O–H groups in total. The van der Waals surface area contributed by atoms with Crippen LogP contribution >= 0.6 is 0 Å². The molecular formula is C45H86N2O7S. The first-order valence-corrected chi connectivity index (χ1v) is 24.2. The molecule has 0 fully saturated rings. The van der Waals surface area contributed by atoms with E-state index in [0.717, 1.165) is 83.7 Å². The third-order valence-electron chi connectivity index (χ3n) is 10.0. The van der Waals surface area contributed by atoms with E-state index >= 15 is 0 Å². The van der Waals surface area contributed by atoms with Crippen LogP contribution in [0.2, 0.25) is 0 Å². The van der Waals surface area contributed by atoms with Crippen molar-refractivity contribution in [3.05, 3.63) is 24.3 Å². The molecule has 324 valence electrons. The van der Waals surface area contributed by atoms with E-state index in [9.17, 15) is 18.0 Å². The quantitative estimate of drug-likeness (QED) is 0.0369. The molecule has 0 aromatic heterocycles. The lowest BCUT2D eigenvalue weighted by Crippen LogP contribution is -2.39. The van der Waals surface area contributed by atoms with Gasteiger partial charge in [0.1, 0.15) is 12.7 Å². The van der Waals surface area contributed by atoms with Crippen molar-refractivity contribution >= 4 is 22.2 Å². The first kappa shape index (κ1) is 53.2. The van der Waals surface area contributed by atoms with Crippen LogP contribution in [0.3, 0.4) is 0 Å². The molecule has 0 spiro atoms. The Morgan fingerprint density at radius 2 is 0.964 bits per heavy atom. The minimum absolute atomic E-state index is 0.0158. The maximum atomic E-state index is 12.7. The van der Waals surface area contributed by atoms with E-state index in [1.54, 1.807) is 0 Å². The van der Waals surface area contributed by atoms with E-state index in [-0.39, 0.29) is 38.6 Å². The monoisotopic (exact) mass is 799 g/mol. The van der Waals surface area contributed by atoms with Crippen molar-refractivity contribution in [2.75, 3.05) is 39.4 Å². The summed E-state index contributed by atoms with van der Waals surface area (Å²) in [4.78, 5) is 27.3. The third-order valence-corrected chi connectivity index (χ3v) is 11.0. The highest BCUT2D eigenvalue weighted by molar-refractivity contribution is 7.84. The summed E-state index contributed by atoms with van der Waals surface area (Å²) in [6.45, 7) is 10.2. The number of hydrogen-bond donors (Lipinski definition) is 1. The number of unbranched alkanes of at least 4 members (excludes halogenated alkanes) is 22. The van der Waals surface area contributed by atoms with Crippen LogP contribution in [0.1, 0.15) is 207 Å². The number of rotatable bonds is 42. The number of ether oxygens (including phenoxy) is 2. The summed E-state index contributed by atoms with van der Waals surface area (Å²) in [6, 6.07) is 0. The molecule has 1 atom stereocenters. The minimum Gasteiger partial charge on any atom is -0.462 e. The molecule has 0 bridgehead atoms. The largest absolute Gasteiger partial charge is 0.462 e. The number of likely N-dealkylation sites (N-methyl/N-ethyl adjacent to an activating group) is 1. The molecule has 0 aromatic rings. The highest BCUT2D eigenvalue weighted by Gasteiger charge is 2.21. The number of nitrogens with zero attached hydrogens (tertiary/aromatic N) is 1. The molecule has 0 saturated heterocycles. The second-order valence-corrected chi connectivity index (χ2v) is 16.5. The number of nitrogens with one attached hydrogen (secondary N) is 1. The van der Waals surface area contributed by atoms with Crippen LogP contribution < -0.4 is 4.72 Å². The van der Waals surface area contributed by atoms with Crippen molar-refractivity contribution in [1.29, 1.82) is 0 Å². The Morgan fingerprint density at radius 1 is 0.564 bits per heavy atom. The number of allylic oxidation sites excluding steroid dienone is 4. The lowest BCUT2D eigenvalue weighted by Gasteiger charge is -2.20. The number of hydrogen-bond acceptors (Lipinski definition) is 8. The van der Waals surface area contributed by atoms with Gasteiger partial charge in [-0.2, -0.15) is 13.1 Å². The van der Waals surface area contributed by atoms with Gasteiger partial charge < -0.3 is 14.4 Å². The fourth-order valence-electron chi connectivity index (χ4n) is 6.37. The molecule has 0 aliphatic rings. The van der Waals surface area contributed by atoms with Gasteiger partial charge in [-0.1, -0.05) is 155 Å². The molecular weight excluding hydrogens is 713 g/mol. The molecule has 0 amide bonds. The van der Waals surface area contributed by atoms with Crippen LogP contribution in [0.25, 0.3) is 0 Å². The summed E-state index contributed by atoms with van der Waals surface area (Å²) in [5.41, 5.74) is 0. The average molecular weight is 799 g/mol. The molecule has 0 heterocycles. The maximum absolute atomic E-state index is 12.7. The van der Waals surface area contributed by atoms with E-state index in [0.29, 0.717) is 13.0 Å². The molecule has 0 aliphatic heterocycles. The van der Waals surface area contributed by atoms with Gasteiger partial charge in [-0.05, 0) is 77.3 Å². The van der Waals surface area contributed by atoms with Crippen molar-refractivity contribution in [3.8, 4) is 0 Å². The maximum Gasteiger partial charge on any atom is 0.336 e. The van der Waals surface area contributed by atoms with Crippen LogP contribution in [0.5, 0.6) is 0 Å². The summed E-state index contributed by atoms with van der Waals surface area (Å²) in [5.74, 6) is -0.785. The normalized spacial score (nSPS) is 12.7. The molecule has 0 radical (unpaired) electrons. The minimum atomic E-state index is -4.06. The van der Waals surface area contributed by atoms with Crippen molar-refractivity contribution < 1.29 is 31.7 Å². The summed E-state index contributed by atoms with van der Waals surface area (Å²) in [6.07, 6.45) is 39.4. The van der Waals surface area contributed by atoms with Gasteiger partial charge in [0.15, 0.2) is 0 Å². The molecule has 0 aromatic carbocycles. The molecule has 0 rings (SSSR count). The van der Waals surface area contributed by atoms with Crippen molar-refractivity contribution in [2.45, 2.75) is 214 Å². The van der Waals surface area contributed by atoms with Crippen LogP contribution in [0.15, 0.2) is 24.3 Å². The zero-order valence-electron chi connectivity index (χ0n) is 36.1. The second-order valence-electron chi connectivity index (χ2n) is 15.1. The SMILES string of the molecule is CCCCCCCC/C=C\CCCCCCCC(=O)OCC(CNS(=O)(=O)OCCN(CC)CC)OC(=O)CCCCCCC/C=C\CCCCCCCC. The van der Waals surface area contributed by atoms with E-state index in [1.165, 1.54) is 89.9 Å². The number of carbonyl (C=O) groups is 2. The van der Waals surface area contributed by atoms with Gasteiger partial charge in [0, 0.05) is 19.4 Å². The lowest BCUT2D eigenvalue weighted by atomic mass is 10.1. The average Bonchev–Trinajstić information content (AvgIpc) is 3.17. The van der Waals surface area contributed by atoms with Crippen molar-refractivity contribution in [3.63, 3.8) is 0 Å². The standard InChI is InChI=1S/C45H86N2O7S/c1-5-9-11-13-15-17-19-21-23-25-27-29-31-33-35-37-44(48)52-42-43(41-46-55(50,51)53-40-39-47(7-3)8-4)54-45(49)38-36-34-32-30-28-26-24-22-20-18-16-14-12-10-6-2/h21-24,43,46H,5-20,25-42H2,1-4H3/b23-21-,24-22-. The Morgan fingerprint density at radius 3 is 1.40 bits per heavy atom. The van der Waals surface area contributed by atoms with Crippen LogP contribution in [-0.4, -0.2) is 70.8 Å². The van der Waals surface area contributed by atoms with Crippen LogP contribution in [0, 0.1) is 0 Å². The number of esters is 2. The fraction of sp³-hybridized carbons (Fsp3) is 0.867. The smallest absolute Gasteiger partial charge is 0.336 e. The van der Waals surface area contributed by atoms with Crippen LogP contribution in [0.4, 0.5) is 0 Å². The van der Waals surface area contributed by atoms with Gasteiger partial charge >= 0.3 is 22.2 Å². The van der Waals surface area contributed by atoms with Gasteiger partial charge in [0.05, 0.1) is 13.2 Å². The molecule has 55 heavy (non-hydrogen) atoms. The van der Waals surface area contributed by atoms with Crippen molar-refractivity contribution in [1.82, 2.24) is 9.62 Å². The molecule has 0 saturated carbocycles. The van der Waals surface area contributed by atoms with E-state index in [2.05, 4.69) is 47.8 Å². The Hall–Kier alpha value is -1.75. The third kappa shape index (κ3) is 38.9. The molecule has 9 nitrogen and oxygen atoms in total. The highest BCUT2D eigenvalue weighted by atomic mass is 32.2. The van der Waals surface area contributed by atoms with E-state index < -0.39 is 22.4 Å². The molecule has 0 aliphatic carbocycles. The first-order chi connectivity index (χ1) is 26.8. The summed E-state index contributed by atoms with van der Waals surface area (Å²) >= 11 is 0. The molecule has 1 unspecified atom stereocenters. The predicted octanol–water partition coefficient (Wildman–Crippen LogP) is 11.7. The fourth-order valence-corrected chi connectivity index (χ4v) is 7.14.